The molecule has 30 heavy (non-hydrogen) atoms. The summed E-state index contributed by atoms with van der Waals surface area (Å²) in [5.74, 6) is 0. The molecule has 0 atom stereocenters. The van der Waals surface area contributed by atoms with Crippen molar-refractivity contribution < 1.29 is 0 Å². The van der Waals surface area contributed by atoms with E-state index in [1.54, 1.807) is 0 Å². The lowest BCUT2D eigenvalue weighted by atomic mass is 9.91. The summed E-state index contributed by atoms with van der Waals surface area (Å²) in [7, 11) is 0. The summed E-state index contributed by atoms with van der Waals surface area (Å²) in [6.45, 7) is 4.91. The van der Waals surface area contributed by atoms with Crippen LogP contribution < -0.4 is 0 Å². The first kappa shape index (κ1) is 19.5. The minimum Gasteiger partial charge on any atom is -0.681 e. The molecule has 0 aliphatic heterocycles. The molecule has 0 aromatic heterocycles. The first-order valence-corrected chi connectivity index (χ1v) is 10.1. The van der Waals surface area contributed by atoms with E-state index in [-0.39, 0.29) is 0 Å². The fraction of sp³-hybridized carbons (Fsp3) is 0.0345. The second kappa shape index (κ2) is 9.58. The third kappa shape index (κ3) is 4.76. The number of benzene rings is 4. The third-order valence-corrected chi connectivity index (χ3v) is 5.02. The van der Waals surface area contributed by atoms with Crippen LogP contribution in [0.2, 0.25) is 0 Å². The van der Waals surface area contributed by atoms with Crippen LogP contribution in [0.1, 0.15) is 27.8 Å². The Morgan fingerprint density at radius 2 is 1.17 bits per heavy atom. The molecule has 0 aliphatic rings. The minimum absolute atomic E-state index is 0.622. The summed E-state index contributed by atoms with van der Waals surface area (Å²) in [6.07, 6.45) is 2.23. The molecule has 1 nitrogen and oxygen atoms in total. The van der Waals surface area contributed by atoms with Crippen LogP contribution in [-0.2, 0) is 6.54 Å². The van der Waals surface area contributed by atoms with Gasteiger partial charge in [-0.25, -0.2) is 0 Å². The Hall–Kier alpha value is -3.84. The SMILES string of the molecule is C=C([N-]Cc1ccccc1)c1ccccc1/C(=C/c1ccccc1)c1ccccc1. The van der Waals surface area contributed by atoms with Gasteiger partial charge in [0.15, 0.2) is 0 Å². The van der Waals surface area contributed by atoms with Gasteiger partial charge in [0.1, 0.15) is 0 Å². The predicted octanol–water partition coefficient (Wildman–Crippen LogP) is 7.82. The van der Waals surface area contributed by atoms with Gasteiger partial charge in [-0.1, -0.05) is 121 Å². The number of hydrogen-bond acceptors (Lipinski definition) is 0. The molecule has 0 bridgehead atoms. The average molecular weight is 387 g/mol. The van der Waals surface area contributed by atoms with Crippen molar-refractivity contribution in [2.45, 2.75) is 6.54 Å². The summed E-state index contributed by atoms with van der Waals surface area (Å²) in [5, 5.41) is 4.79. The zero-order valence-corrected chi connectivity index (χ0v) is 16.9. The van der Waals surface area contributed by atoms with Crippen molar-refractivity contribution in [2.24, 2.45) is 0 Å². The number of rotatable bonds is 7. The maximum atomic E-state index is 4.79. The molecule has 146 valence electrons. The lowest BCUT2D eigenvalue weighted by molar-refractivity contribution is 1.22. The fourth-order valence-electron chi connectivity index (χ4n) is 3.48. The molecule has 0 fully saturated rings. The van der Waals surface area contributed by atoms with E-state index in [0.717, 1.165) is 28.0 Å². The van der Waals surface area contributed by atoms with E-state index in [4.69, 9.17) is 5.32 Å². The zero-order valence-electron chi connectivity index (χ0n) is 16.9. The van der Waals surface area contributed by atoms with Crippen molar-refractivity contribution in [1.82, 2.24) is 0 Å². The maximum absolute atomic E-state index is 4.79. The Labute approximate surface area is 179 Å². The second-order valence-corrected chi connectivity index (χ2v) is 7.13. The first-order valence-electron chi connectivity index (χ1n) is 10.1. The molecule has 0 amide bonds. The van der Waals surface area contributed by atoms with Crippen molar-refractivity contribution in [3.63, 3.8) is 0 Å². The van der Waals surface area contributed by atoms with Gasteiger partial charge >= 0.3 is 0 Å². The van der Waals surface area contributed by atoms with E-state index < -0.39 is 0 Å². The molecule has 0 N–H and O–H groups in total. The Balaban J connectivity index is 1.71. The van der Waals surface area contributed by atoms with Crippen LogP contribution in [-0.4, -0.2) is 0 Å². The van der Waals surface area contributed by atoms with Gasteiger partial charge in [0.2, 0.25) is 0 Å². The van der Waals surface area contributed by atoms with Gasteiger partial charge in [0.25, 0.3) is 0 Å². The quantitative estimate of drug-likeness (QED) is 0.287. The highest BCUT2D eigenvalue weighted by Gasteiger charge is 2.09. The molecule has 0 aliphatic carbocycles. The van der Waals surface area contributed by atoms with E-state index in [2.05, 4.69) is 91.5 Å². The maximum Gasteiger partial charge on any atom is -0.00999 e. The van der Waals surface area contributed by atoms with E-state index in [1.165, 1.54) is 11.1 Å². The summed E-state index contributed by atoms with van der Waals surface area (Å²) in [5.41, 5.74) is 7.66. The van der Waals surface area contributed by atoms with Crippen molar-refractivity contribution in [3.8, 4) is 0 Å². The van der Waals surface area contributed by atoms with Crippen LogP contribution in [0, 0.1) is 0 Å². The highest BCUT2D eigenvalue weighted by Crippen LogP contribution is 2.33. The van der Waals surface area contributed by atoms with Gasteiger partial charge in [-0.3, -0.25) is 0 Å². The number of hydrogen-bond donors (Lipinski definition) is 0. The van der Waals surface area contributed by atoms with Gasteiger partial charge in [-0.05, 0) is 33.9 Å². The minimum atomic E-state index is 0.622. The molecule has 4 rings (SSSR count). The van der Waals surface area contributed by atoms with Crippen LogP contribution in [0.25, 0.3) is 22.7 Å². The number of nitrogens with zero attached hydrogens (tertiary/aromatic N) is 1. The molecular weight excluding hydrogens is 362 g/mol. The molecule has 0 heterocycles. The predicted molar refractivity (Wildman–Crippen MR) is 129 cm³/mol. The van der Waals surface area contributed by atoms with Crippen LogP contribution >= 0.6 is 0 Å². The largest absolute Gasteiger partial charge is 0.681 e. The summed E-state index contributed by atoms with van der Waals surface area (Å²) >= 11 is 0. The van der Waals surface area contributed by atoms with E-state index in [9.17, 15) is 0 Å². The standard InChI is InChI=1S/C29H24N/c1-23(30-22-25-15-7-3-8-16-25)27-19-11-12-20-28(27)29(26-17-9-4-10-18-26)21-24-13-5-2-6-14-24/h2-21H,1,22H2/q-1/b29-21+. The lowest BCUT2D eigenvalue weighted by Crippen LogP contribution is -1.95. The van der Waals surface area contributed by atoms with Crippen molar-refractivity contribution >= 4 is 17.3 Å². The van der Waals surface area contributed by atoms with Gasteiger partial charge in [-0.15, -0.1) is 18.8 Å². The zero-order chi connectivity index (χ0) is 20.6. The van der Waals surface area contributed by atoms with Crippen molar-refractivity contribution in [3.05, 3.63) is 155 Å². The highest BCUT2D eigenvalue weighted by atomic mass is 14.9. The summed E-state index contributed by atoms with van der Waals surface area (Å²) in [4.78, 5) is 0. The Kier molecular flexibility index (Phi) is 6.22. The molecule has 0 unspecified atom stereocenters. The molecular formula is C29H24N-. The molecule has 0 spiro atoms. The second-order valence-electron chi connectivity index (χ2n) is 7.13. The Morgan fingerprint density at radius 3 is 1.83 bits per heavy atom. The summed E-state index contributed by atoms with van der Waals surface area (Å²) < 4.78 is 0. The third-order valence-electron chi connectivity index (χ3n) is 5.02. The van der Waals surface area contributed by atoms with Gasteiger partial charge in [0.05, 0.1) is 0 Å². The Bertz CT molecular complexity index is 1130. The topological polar surface area (TPSA) is 14.1 Å². The fourth-order valence-corrected chi connectivity index (χ4v) is 3.48. The smallest absolute Gasteiger partial charge is 0.00999 e. The normalized spacial score (nSPS) is 11.1. The van der Waals surface area contributed by atoms with Crippen molar-refractivity contribution in [1.29, 1.82) is 0 Å². The summed E-state index contributed by atoms with van der Waals surface area (Å²) in [6, 6.07) is 39.6. The van der Waals surface area contributed by atoms with Crippen molar-refractivity contribution in [2.75, 3.05) is 0 Å². The first-order chi connectivity index (χ1) is 14.8. The van der Waals surface area contributed by atoms with Gasteiger partial charge in [-0.2, -0.15) is 0 Å². The van der Waals surface area contributed by atoms with E-state index >= 15 is 0 Å². The van der Waals surface area contributed by atoms with Crippen LogP contribution in [0.4, 0.5) is 0 Å². The molecule has 4 aromatic rings. The van der Waals surface area contributed by atoms with Crippen LogP contribution in [0.3, 0.4) is 0 Å². The van der Waals surface area contributed by atoms with Crippen LogP contribution in [0.5, 0.6) is 0 Å². The molecule has 0 saturated heterocycles. The van der Waals surface area contributed by atoms with E-state index in [1.807, 2.05) is 36.4 Å². The monoisotopic (exact) mass is 386 g/mol. The molecule has 0 saturated carbocycles. The van der Waals surface area contributed by atoms with Gasteiger partial charge in [0, 0.05) is 0 Å². The lowest BCUT2D eigenvalue weighted by Gasteiger charge is -2.27. The Morgan fingerprint density at radius 1 is 0.633 bits per heavy atom. The van der Waals surface area contributed by atoms with E-state index in [0.29, 0.717) is 6.54 Å². The molecule has 4 aromatic carbocycles. The highest BCUT2D eigenvalue weighted by molar-refractivity contribution is 5.96. The molecule has 1 heteroatoms. The van der Waals surface area contributed by atoms with Gasteiger partial charge < -0.3 is 5.32 Å². The average Bonchev–Trinajstić information content (AvgIpc) is 2.83. The van der Waals surface area contributed by atoms with Crippen LogP contribution in [0.15, 0.2) is 122 Å². The molecule has 0 radical (unpaired) electrons.